The largest absolute Gasteiger partial charge is 0.290 e. The summed E-state index contributed by atoms with van der Waals surface area (Å²) in [6.45, 7) is 1.94. The molecular formula is C16H13BrFN3O. The van der Waals surface area contributed by atoms with Crippen LogP contribution in [0, 0.1) is 5.82 Å². The number of halogens is 2. The van der Waals surface area contributed by atoms with E-state index in [0.717, 1.165) is 5.56 Å². The smallest absolute Gasteiger partial charge is 0.280 e. The topological polar surface area (TPSA) is 47.8 Å². The number of rotatable bonds is 3. The van der Waals surface area contributed by atoms with Gasteiger partial charge in [0, 0.05) is 0 Å². The zero-order valence-electron chi connectivity index (χ0n) is 11.8. The van der Waals surface area contributed by atoms with E-state index in [9.17, 15) is 9.18 Å². The molecule has 1 aromatic carbocycles. The Hall–Kier alpha value is -2.08. The maximum Gasteiger partial charge on any atom is 0.280 e. The fourth-order valence-corrected chi connectivity index (χ4v) is 2.83. The van der Waals surface area contributed by atoms with Crippen LogP contribution in [0.15, 0.2) is 52.1 Å². The van der Waals surface area contributed by atoms with E-state index in [0.29, 0.717) is 22.1 Å². The standard InChI is InChI=1S/C16H13BrFN3O/c1-2-13(10-4-3-5-11(18)8-10)21-9-19-12-6-7-14(17)20-15(12)16(21)22/h3-9,13H,2H2,1H3. The van der Waals surface area contributed by atoms with Crippen LogP contribution in [0.25, 0.3) is 11.0 Å². The molecule has 0 amide bonds. The molecule has 3 aromatic rings. The Labute approximate surface area is 134 Å². The third-order valence-electron chi connectivity index (χ3n) is 3.55. The van der Waals surface area contributed by atoms with Crippen LogP contribution >= 0.6 is 15.9 Å². The fraction of sp³-hybridized carbons (Fsp3) is 0.188. The van der Waals surface area contributed by atoms with Crippen molar-refractivity contribution >= 4 is 27.0 Å². The molecule has 4 nitrogen and oxygen atoms in total. The van der Waals surface area contributed by atoms with E-state index < -0.39 is 0 Å². The molecule has 0 aliphatic rings. The number of pyridine rings is 1. The van der Waals surface area contributed by atoms with E-state index in [-0.39, 0.29) is 17.4 Å². The lowest BCUT2D eigenvalue weighted by Gasteiger charge is -2.18. The maximum absolute atomic E-state index is 13.5. The minimum atomic E-state index is -0.321. The summed E-state index contributed by atoms with van der Waals surface area (Å²) in [7, 11) is 0. The van der Waals surface area contributed by atoms with Crippen molar-refractivity contribution in [1.29, 1.82) is 0 Å². The van der Waals surface area contributed by atoms with Crippen LogP contribution in [-0.4, -0.2) is 14.5 Å². The molecule has 0 aliphatic heterocycles. The minimum Gasteiger partial charge on any atom is -0.290 e. The molecule has 0 saturated heterocycles. The van der Waals surface area contributed by atoms with Crippen molar-refractivity contribution in [1.82, 2.24) is 14.5 Å². The van der Waals surface area contributed by atoms with Crippen LogP contribution < -0.4 is 5.56 Å². The van der Waals surface area contributed by atoms with Crippen LogP contribution in [0.3, 0.4) is 0 Å². The minimum absolute atomic E-state index is 0.234. The van der Waals surface area contributed by atoms with Crippen LogP contribution in [0.1, 0.15) is 24.9 Å². The molecule has 1 atom stereocenters. The van der Waals surface area contributed by atoms with Gasteiger partial charge in [0.1, 0.15) is 10.4 Å². The van der Waals surface area contributed by atoms with Gasteiger partial charge < -0.3 is 0 Å². The summed E-state index contributed by atoms with van der Waals surface area (Å²) in [5, 5.41) is 0. The molecule has 0 fully saturated rings. The summed E-state index contributed by atoms with van der Waals surface area (Å²) in [6, 6.07) is 9.48. The molecule has 112 valence electrons. The highest BCUT2D eigenvalue weighted by Crippen LogP contribution is 2.21. The Morgan fingerprint density at radius 2 is 2.14 bits per heavy atom. The summed E-state index contributed by atoms with van der Waals surface area (Å²) in [6.07, 6.45) is 2.14. The van der Waals surface area contributed by atoms with Crippen molar-refractivity contribution in [2.45, 2.75) is 19.4 Å². The lowest BCUT2D eigenvalue weighted by atomic mass is 10.0. The van der Waals surface area contributed by atoms with E-state index >= 15 is 0 Å². The Morgan fingerprint density at radius 1 is 1.32 bits per heavy atom. The van der Waals surface area contributed by atoms with Crippen LogP contribution in [0.4, 0.5) is 4.39 Å². The van der Waals surface area contributed by atoms with Gasteiger partial charge in [0.05, 0.1) is 17.9 Å². The Morgan fingerprint density at radius 3 is 2.86 bits per heavy atom. The Kier molecular flexibility index (Phi) is 4.02. The van der Waals surface area contributed by atoms with E-state index in [1.54, 1.807) is 18.2 Å². The predicted molar refractivity (Wildman–Crippen MR) is 86.3 cm³/mol. The molecule has 22 heavy (non-hydrogen) atoms. The number of nitrogens with zero attached hydrogens (tertiary/aromatic N) is 3. The SMILES string of the molecule is CCC(c1cccc(F)c1)n1cnc2ccc(Br)nc2c1=O. The fourth-order valence-electron chi connectivity index (χ4n) is 2.52. The Bertz CT molecular complexity index is 894. The zero-order valence-corrected chi connectivity index (χ0v) is 13.4. The van der Waals surface area contributed by atoms with Crippen molar-refractivity contribution in [3.05, 3.63) is 69.1 Å². The summed E-state index contributed by atoms with van der Waals surface area (Å²) in [5.41, 5.74) is 1.34. The maximum atomic E-state index is 13.5. The summed E-state index contributed by atoms with van der Waals surface area (Å²) >= 11 is 3.26. The van der Waals surface area contributed by atoms with Gasteiger partial charge in [-0.15, -0.1) is 0 Å². The van der Waals surface area contributed by atoms with E-state index in [1.165, 1.54) is 23.0 Å². The second-order valence-electron chi connectivity index (χ2n) is 4.94. The van der Waals surface area contributed by atoms with Crippen molar-refractivity contribution in [3.8, 4) is 0 Å². The van der Waals surface area contributed by atoms with Crippen LogP contribution in [0.5, 0.6) is 0 Å². The van der Waals surface area contributed by atoms with Crippen molar-refractivity contribution in [3.63, 3.8) is 0 Å². The van der Waals surface area contributed by atoms with Gasteiger partial charge in [-0.1, -0.05) is 19.1 Å². The van der Waals surface area contributed by atoms with Crippen molar-refractivity contribution in [2.24, 2.45) is 0 Å². The predicted octanol–water partition coefficient (Wildman–Crippen LogP) is 3.69. The second kappa shape index (κ2) is 5.96. The normalized spacial score (nSPS) is 12.5. The second-order valence-corrected chi connectivity index (χ2v) is 5.75. The number of fused-ring (bicyclic) bond motifs is 1. The zero-order chi connectivity index (χ0) is 15.7. The summed E-state index contributed by atoms with van der Waals surface area (Å²) < 4.78 is 15.6. The van der Waals surface area contributed by atoms with Gasteiger partial charge >= 0.3 is 0 Å². The number of aromatic nitrogens is 3. The third-order valence-corrected chi connectivity index (χ3v) is 4.00. The number of hydrogen-bond donors (Lipinski definition) is 0. The summed E-state index contributed by atoms with van der Waals surface area (Å²) in [5.74, 6) is -0.321. The summed E-state index contributed by atoms with van der Waals surface area (Å²) in [4.78, 5) is 21.2. The molecule has 6 heteroatoms. The molecule has 0 N–H and O–H groups in total. The van der Waals surface area contributed by atoms with Crippen molar-refractivity contribution < 1.29 is 4.39 Å². The van der Waals surface area contributed by atoms with Gasteiger partial charge in [0.15, 0.2) is 5.52 Å². The molecule has 0 radical (unpaired) electrons. The van der Waals surface area contributed by atoms with E-state index in [4.69, 9.17) is 0 Å². The lowest BCUT2D eigenvalue weighted by Crippen LogP contribution is -2.26. The van der Waals surface area contributed by atoms with Gasteiger partial charge in [-0.25, -0.2) is 14.4 Å². The van der Waals surface area contributed by atoms with E-state index in [2.05, 4.69) is 25.9 Å². The average Bonchev–Trinajstić information content (AvgIpc) is 2.51. The molecule has 0 bridgehead atoms. The first-order valence-corrected chi connectivity index (χ1v) is 7.68. The van der Waals surface area contributed by atoms with Gasteiger partial charge in [0.25, 0.3) is 5.56 Å². The van der Waals surface area contributed by atoms with Crippen LogP contribution in [-0.2, 0) is 0 Å². The molecular weight excluding hydrogens is 349 g/mol. The highest BCUT2D eigenvalue weighted by molar-refractivity contribution is 9.10. The molecule has 1 unspecified atom stereocenters. The Balaban J connectivity index is 2.19. The first-order valence-electron chi connectivity index (χ1n) is 6.89. The van der Waals surface area contributed by atoms with Gasteiger partial charge in [-0.2, -0.15) is 0 Å². The van der Waals surface area contributed by atoms with Gasteiger partial charge in [-0.05, 0) is 52.2 Å². The monoisotopic (exact) mass is 361 g/mol. The number of hydrogen-bond acceptors (Lipinski definition) is 3. The van der Waals surface area contributed by atoms with Gasteiger partial charge in [0.2, 0.25) is 0 Å². The first-order chi connectivity index (χ1) is 10.6. The number of benzene rings is 1. The van der Waals surface area contributed by atoms with Gasteiger partial charge in [-0.3, -0.25) is 9.36 Å². The van der Waals surface area contributed by atoms with Crippen molar-refractivity contribution in [2.75, 3.05) is 0 Å². The quantitative estimate of drug-likeness (QED) is 0.668. The first kappa shape index (κ1) is 14.8. The molecule has 0 spiro atoms. The molecule has 0 saturated carbocycles. The molecule has 0 aliphatic carbocycles. The van der Waals surface area contributed by atoms with Crippen LogP contribution in [0.2, 0.25) is 0 Å². The molecule has 2 heterocycles. The average molecular weight is 362 g/mol. The molecule has 3 rings (SSSR count). The highest BCUT2D eigenvalue weighted by Gasteiger charge is 2.16. The van der Waals surface area contributed by atoms with E-state index in [1.807, 2.05) is 13.0 Å². The molecule has 2 aromatic heterocycles. The highest BCUT2D eigenvalue weighted by atomic mass is 79.9. The lowest BCUT2D eigenvalue weighted by molar-refractivity contribution is 0.537. The third kappa shape index (κ3) is 2.66.